The fraction of sp³-hybridized carbons (Fsp3) is 0.269. The van der Waals surface area contributed by atoms with Crippen molar-refractivity contribution in [1.29, 1.82) is 0 Å². The lowest BCUT2D eigenvalue weighted by Crippen LogP contribution is -2.43. The first-order chi connectivity index (χ1) is 17.7. The van der Waals surface area contributed by atoms with Gasteiger partial charge in [-0.3, -0.25) is 9.78 Å². The first kappa shape index (κ1) is 24.8. The summed E-state index contributed by atoms with van der Waals surface area (Å²) in [5.41, 5.74) is 4.06. The Labute approximate surface area is 212 Å². The van der Waals surface area contributed by atoms with E-state index in [0.717, 1.165) is 28.0 Å². The van der Waals surface area contributed by atoms with Crippen LogP contribution in [0.5, 0.6) is 5.75 Å². The molecule has 0 saturated carbocycles. The second-order valence-corrected chi connectivity index (χ2v) is 11.1. The molecule has 3 heterocycles. The third kappa shape index (κ3) is 5.31. The molecule has 37 heavy (non-hydrogen) atoms. The Morgan fingerprint density at radius 2 is 1.78 bits per heavy atom. The molecule has 2 aromatic heterocycles. The number of hydrogen-bond donors (Lipinski definition) is 0. The van der Waals surface area contributed by atoms with Gasteiger partial charge in [-0.25, -0.2) is 13.4 Å². The van der Waals surface area contributed by atoms with E-state index < -0.39 is 16.4 Å². The summed E-state index contributed by atoms with van der Waals surface area (Å²) in [4.78, 5) is 23.2. The fourth-order valence-electron chi connectivity index (χ4n) is 4.41. The molecule has 192 valence electrons. The lowest BCUT2D eigenvalue weighted by molar-refractivity contribution is -0.0504. The van der Waals surface area contributed by atoms with Crippen LogP contribution in [0.15, 0.2) is 60.8 Å². The molecule has 0 atom stereocenters. The van der Waals surface area contributed by atoms with Crippen molar-refractivity contribution in [3.63, 3.8) is 0 Å². The van der Waals surface area contributed by atoms with E-state index in [2.05, 4.69) is 14.7 Å². The quantitative estimate of drug-likeness (QED) is 0.378. The highest BCUT2D eigenvalue weighted by Crippen LogP contribution is 2.28. The molecule has 4 aromatic rings. The summed E-state index contributed by atoms with van der Waals surface area (Å²) < 4.78 is 55.6. The minimum absolute atomic E-state index is 0.0390. The molecule has 0 aliphatic carbocycles. The molecule has 1 amide bonds. The van der Waals surface area contributed by atoms with Crippen LogP contribution in [0.25, 0.3) is 22.2 Å². The van der Waals surface area contributed by atoms with E-state index in [0.29, 0.717) is 12.1 Å². The number of ether oxygens (including phenoxy) is 1. The summed E-state index contributed by atoms with van der Waals surface area (Å²) in [5.74, 6) is 0.466. The van der Waals surface area contributed by atoms with Crippen LogP contribution in [-0.4, -0.2) is 65.0 Å². The van der Waals surface area contributed by atoms with Crippen LogP contribution in [0.1, 0.15) is 21.9 Å². The minimum atomic E-state index is -3.08. The Bertz CT molecular complexity index is 1560. The van der Waals surface area contributed by atoms with Crippen LogP contribution in [-0.2, 0) is 16.4 Å². The molecule has 0 N–H and O–H groups in total. The molecule has 1 aliphatic heterocycles. The molecule has 0 spiro atoms. The highest BCUT2D eigenvalue weighted by atomic mass is 32.2. The third-order valence-electron chi connectivity index (χ3n) is 6.40. The number of fused-ring (bicyclic) bond motifs is 1. The first-order valence-electron chi connectivity index (χ1n) is 11.7. The number of halogens is 2. The average molecular weight is 527 g/mol. The number of alkyl halides is 2. The Balaban J connectivity index is 1.40. The molecule has 5 rings (SSSR count). The highest BCUT2D eigenvalue weighted by Gasteiger charge is 2.26. The van der Waals surface area contributed by atoms with E-state index in [-0.39, 0.29) is 41.9 Å². The maximum Gasteiger partial charge on any atom is 0.387 e. The van der Waals surface area contributed by atoms with Gasteiger partial charge in [-0.15, -0.1) is 0 Å². The van der Waals surface area contributed by atoms with E-state index in [1.807, 2.05) is 29.7 Å². The molecule has 1 saturated heterocycles. The second-order valence-electron chi connectivity index (χ2n) is 8.81. The Kier molecular flexibility index (Phi) is 6.63. The standard InChI is InChI=1S/C26H24F2N4O4S/c1-17-30-21-8-6-18(14-23(21)32(17)16-20-4-2-3-5-24(20)36-26(27)28)19-7-9-22(29-15-19)25(33)31-10-12-37(34,35)13-11-31/h2-9,14-15,26H,10-13,16H2,1H3. The third-order valence-corrected chi connectivity index (χ3v) is 8.01. The van der Waals surface area contributed by atoms with Crippen molar-refractivity contribution in [3.05, 3.63) is 77.9 Å². The number of carbonyl (C=O) groups is 1. The molecular weight excluding hydrogens is 502 g/mol. The fourth-order valence-corrected chi connectivity index (χ4v) is 5.61. The van der Waals surface area contributed by atoms with Gasteiger partial charge >= 0.3 is 6.61 Å². The first-order valence-corrected chi connectivity index (χ1v) is 13.5. The SMILES string of the molecule is Cc1nc2ccc(-c3ccc(C(=O)N4CCS(=O)(=O)CC4)nc3)cc2n1Cc1ccccc1OC(F)F. The van der Waals surface area contributed by atoms with E-state index in [1.165, 1.54) is 11.0 Å². The van der Waals surface area contributed by atoms with Gasteiger partial charge in [-0.1, -0.05) is 30.3 Å². The van der Waals surface area contributed by atoms with Crippen molar-refractivity contribution in [3.8, 4) is 16.9 Å². The Morgan fingerprint density at radius 3 is 2.49 bits per heavy atom. The molecule has 8 nitrogen and oxygen atoms in total. The van der Waals surface area contributed by atoms with Gasteiger partial charge in [0.25, 0.3) is 5.91 Å². The maximum absolute atomic E-state index is 12.9. The van der Waals surface area contributed by atoms with Crippen LogP contribution in [0.4, 0.5) is 8.78 Å². The van der Waals surface area contributed by atoms with Crippen LogP contribution < -0.4 is 4.74 Å². The molecule has 0 radical (unpaired) electrons. The largest absolute Gasteiger partial charge is 0.434 e. The normalized spacial score (nSPS) is 15.3. The summed E-state index contributed by atoms with van der Waals surface area (Å²) >= 11 is 0. The number of aromatic nitrogens is 3. The van der Waals surface area contributed by atoms with Gasteiger partial charge in [-0.05, 0) is 36.8 Å². The number of para-hydroxylation sites is 1. The van der Waals surface area contributed by atoms with Gasteiger partial charge in [0, 0.05) is 30.4 Å². The van der Waals surface area contributed by atoms with Gasteiger partial charge in [-0.2, -0.15) is 8.78 Å². The van der Waals surface area contributed by atoms with Crippen molar-refractivity contribution < 1.29 is 26.7 Å². The van der Waals surface area contributed by atoms with Crippen molar-refractivity contribution >= 4 is 26.8 Å². The maximum atomic E-state index is 12.9. The van der Waals surface area contributed by atoms with Gasteiger partial charge in [0.2, 0.25) is 0 Å². The molecular formula is C26H24F2N4O4S. The lowest BCUT2D eigenvalue weighted by Gasteiger charge is -2.26. The van der Waals surface area contributed by atoms with Crippen molar-refractivity contribution in [2.75, 3.05) is 24.6 Å². The average Bonchev–Trinajstić information content (AvgIpc) is 3.18. The van der Waals surface area contributed by atoms with E-state index >= 15 is 0 Å². The molecule has 1 fully saturated rings. The topological polar surface area (TPSA) is 94.4 Å². The number of hydrogen-bond acceptors (Lipinski definition) is 6. The zero-order valence-corrected chi connectivity index (χ0v) is 20.8. The second kappa shape index (κ2) is 9.89. The number of benzene rings is 2. The Morgan fingerprint density at radius 1 is 1.05 bits per heavy atom. The number of carbonyl (C=O) groups excluding carboxylic acids is 1. The van der Waals surface area contributed by atoms with Crippen LogP contribution in [0, 0.1) is 6.92 Å². The van der Waals surface area contributed by atoms with Gasteiger partial charge in [0.1, 0.15) is 17.3 Å². The summed E-state index contributed by atoms with van der Waals surface area (Å²) in [5, 5.41) is 0. The van der Waals surface area contributed by atoms with Crippen molar-refractivity contribution in [1.82, 2.24) is 19.4 Å². The number of pyridine rings is 1. The van der Waals surface area contributed by atoms with Gasteiger partial charge in [0.05, 0.1) is 29.1 Å². The summed E-state index contributed by atoms with van der Waals surface area (Å²) in [6.45, 7) is -0.444. The number of imidazole rings is 1. The summed E-state index contributed by atoms with van der Waals surface area (Å²) in [6.07, 6.45) is 1.61. The van der Waals surface area contributed by atoms with Crippen LogP contribution >= 0.6 is 0 Å². The van der Waals surface area contributed by atoms with Gasteiger partial charge < -0.3 is 14.2 Å². The number of rotatable bonds is 6. The Hall–Kier alpha value is -3.86. The number of sulfone groups is 1. The van der Waals surface area contributed by atoms with Gasteiger partial charge in [0.15, 0.2) is 9.84 Å². The number of nitrogens with zero attached hydrogens (tertiary/aromatic N) is 4. The molecule has 11 heteroatoms. The minimum Gasteiger partial charge on any atom is -0.434 e. The predicted molar refractivity (Wildman–Crippen MR) is 134 cm³/mol. The van der Waals surface area contributed by atoms with Crippen molar-refractivity contribution in [2.45, 2.75) is 20.1 Å². The molecule has 0 bridgehead atoms. The molecule has 2 aromatic carbocycles. The van der Waals surface area contributed by atoms with E-state index in [4.69, 9.17) is 0 Å². The molecule has 1 aliphatic rings. The molecule has 0 unspecified atom stereocenters. The lowest BCUT2D eigenvalue weighted by atomic mass is 10.1. The number of amides is 1. The predicted octanol–water partition coefficient (Wildman–Crippen LogP) is 3.93. The monoisotopic (exact) mass is 526 g/mol. The van der Waals surface area contributed by atoms with Crippen molar-refractivity contribution in [2.24, 2.45) is 0 Å². The summed E-state index contributed by atoms with van der Waals surface area (Å²) in [6, 6.07) is 15.8. The number of aryl methyl sites for hydroxylation is 1. The van der Waals surface area contributed by atoms with Crippen LogP contribution in [0.2, 0.25) is 0 Å². The zero-order valence-electron chi connectivity index (χ0n) is 20.0. The summed E-state index contributed by atoms with van der Waals surface area (Å²) in [7, 11) is -3.08. The van der Waals surface area contributed by atoms with E-state index in [9.17, 15) is 22.0 Å². The van der Waals surface area contributed by atoms with Crippen LogP contribution in [0.3, 0.4) is 0 Å². The smallest absolute Gasteiger partial charge is 0.387 e. The zero-order chi connectivity index (χ0) is 26.2. The van der Waals surface area contributed by atoms with E-state index in [1.54, 1.807) is 36.5 Å². The highest BCUT2D eigenvalue weighted by molar-refractivity contribution is 7.91.